The summed E-state index contributed by atoms with van der Waals surface area (Å²) in [5.41, 5.74) is -0.720. The molecule has 1 N–H and O–H groups in total. The Morgan fingerprint density at radius 1 is 1.56 bits per heavy atom. The van der Waals surface area contributed by atoms with E-state index in [9.17, 15) is 9.90 Å². The van der Waals surface area contributed by atoms with Gasteiger partial charge in [0.05, 0.1) is 18.2 Å². The topological polar surface area (TPSA) is 107 Å². The quantitative estimate of drug-likeness (QED) is 0.855. The molecule has 3 rings (SSSR count). The van der Waals surface area contributed by atoms with Crippen LogP contribution in [0.1, 0.15) is 19.3 Å². The standard InChI is InChI=1S/C9H10N6O2S/c16-8(17)9(2-1-3-9)5-15-7(11-12-13-15)6-4-10-14-18-6/h4H,1-3,5H2,(H,16,17). The molecule has 1 fully saturated rings. The SMILES string of the molecule is O=C(O)C1(Cn2nnnc2-c2cnns2)CCC1. The molecule has 1 aliphatic rings. The minimum absolute atomic E-state index is 0.294. The molecule has 0 aliphatic heterocycles. The number of aromatic nitrogens is 6. The molecule has 94 valence electrons. The molecule has 0 unspecified atom stereocenters. The van der Waals surface area contributed by atoms with Gasteiger partial charge in [-0.15, -0.1) is 10.2 Å². The summed E-state index contributed by atoms with van der Waals surface area (Å²) >= 11 is 1.18. The number of hydrogen-bond donors (Lipinski definition) is 1. The van der Waals surface area contributed by atoms with Crippen LogP contribution in [0.5, 0.6) is 0 Å². The molecule has 9 heteroatoms. The van der Waals surface area contributed by atoms with E-state index in [1.54, 1.807) is 6.20 Å². The second-order valence-corrected chi connectivity index (χ2v) is 5.17. The summed E-state index contributed by atoms with van der Waals surface area (Å²) in [5, 5.41) is 24.4. The summed E-state index contributed by atoms with van der Waals surface area (Å²) in [4.78, 5) is 12.1. The Bertz CT molecular complexity index is 561. The Morgan fingerprint density at radius 3 is 2.94 bits per heavy atom. The van der Waals surface area contributed by atoms with Gasteiger partial charge in [0, 0.05) is 0 Å². The van der Waals surface area contributed by atoms with Crippen molar-refractivity contribution in [2.45, 2.75) is 25.8 Å². The fraction of sp³-hybridized carbons (Fsp3) is 0.556. The number of rotatable bonds is 4. The highest BCUT2D eigenvalue weighted by molar-refractivity contribution is 7.09. The highest BCUT2D eigenvalue weighted by atomic mass is 32.1. The van der Waals surface area contributed by atoms with Gasteiger partial charge in [-0.2, -0.15) is 0 Å². The molecule has 1 saturated carbocycles. The monoisotopic (exact) mass is 266 g/mol. The van der Waals surface area contributed by atoms with E-state index in [1.165, 1.54) is 16.2 Å². The van der Waals surface area contributed by atoms with E-state index in [0.29, 0.717) is 25.2 Å². The van der Waals surface area contributed by atoms with Gasteiger partial charge in [0.2, 0.25) is 0 Å². The van der Waals surface area contributed by atoms with Gasteiger partial charge in [0.1, 0.15) is 4.88 Å². The van der Waals surface area contributed by atoms with Crippen molar-refractivity contribution in [3.63, 3.8) is 0 Å². The highest BCUT2D eigenvalue weighted by Crippen LogP contribution is 2.43. The summed E-state index contributed by atoms with van der Waals surface area (Å²) in [6.07, 6.45) is 3.85. The normalized spacial score (nSPS) is 17.3. The second kappa shape index (κ2) is 4.09. The number of carbonyl (C=O) groups is 1. The van der Waals surface area contributed by atoms with Crippen LogP contribution >= 0.6 is 11.5 Å². The minimum Gasteiger partial charge on any atom is -0.481 e. The summed E-state index contributed by atoms with van der Waals surface area (Å²) in [7, 11) is 0. The molecule has 2 aromatic heterocycles. The number of nitrogens with zero attached hydrogens (tertiary/aromatic N) is 6. The maximum absolute atomic E-state index is 11.3. The van der Waals surface area contributed by atoms with Crippen LogP contribution in [0.15, 0.2) is 6.20 Å². The zero-order valence-electron chi connectivity index (χ0n) is 9.35. The molecule has 0 spiro atoms. The zero-order valence-corrected chi connectivity index (χ0v) is 10.2. The Labute approximate surface area is 106 Å². The van der Waals surface area contributed by atoms with Crippen LogP contribution < -0.4 is 0 Å². The van der Waals surface area contributed by atoms with E-state index in [0.717, 1.165) is 11.3 Å². The van der Waals surface area contributed by atoms with Crippen LogP contribution in [0.25, 0.3) is 10.7 Å². The second-order valence-electron chi connectivity index (χ2n) is 4.38. The predicted molar refractivity (Wildman–Crippen MR) is 60.6 cm³/mol. The summed E-state index contributed by atoms with van der Waals surface area (Å²) in [6, 6.07) is 0. The van der Waals surface area contributed by atoms with Crippen LogP contribution in [-0.2, 0) is 11.3 Å². The van der Waals surface area contributed by atoms with Gasteiger partial charge in [-0.05, 0) is 34.8 Å². The maximum atomic E-state index is 11.3. The molecule has 8 nitrogen and oxygen atoms in total. The Kier molecular flexibility index (Phi) is 2.54. The molecule has 2 aromatic rings. The van der Waals surface area contributed by atoms with Crippen molar-refractivity contribution in [1.82, 2.24) is 29.8 Å². The van der Waals surface area contributed by atoms with Crippen LogP contribution in [0, 0.1) is 5.41 Å². The van der Waals surface area contributed by atoms with Crippen molar-refractivity contribution in [2.75, 3.05) is 0 Å². The predicted octanol–water partition coefficient (Wildman–Crippen LogP) is 0.446. The number of aliphatic carboxylic acids is 1. The molecule has 0 radical (unpaired) electrons. The molecular formula is C9H10N6O2S. The minimum atomic E-state index is -0.780. The van der Waals surface area contributed by atoms with E-state index in [1.807, 2.05) is 0 Å². The van der Waals surface area contributed by atoms with E-state index in [-0.39, 0.29) is 0 Å². The first kappa shape index (κ1) is 11.2. The van der Waals surface area contributed by atoms with Gasteiger partial charge in [-0.25, -0.2) is 4.68 Å². The smallest absolute Gasteiger partial charge is 0.311 e. The Balaban J connectivity index is 1.90. The van der Waals surface area contributed by atoms with Crippen LogP contribution in [0.4, 0.5) is 0 Å². The molecule has 0 saturated heterocycles. The zero-order chi connectivity index (χ0) is 12.6. The third kappa shape index (κ3) is 1.67. The number of tetrazole rings is 1. The summed E-state index contributed by atoms with van der Waals surface area (Å²) in [6.45, 7) is 0.294. The molecule has 0 bridgehead atoms. The molecule has 18 heavy (non-hydrogen) atoms. The van der Waals surface area contributed by atoms with Crippen LogP contribution in [0.3, 0.4) is 0 Å². The largest absolute Gasteiger partial charge is 0.481 e. The summed E-state index contributed by atoms with van der Waals surface area (Å²) in [5.74, 6) is -0.254. The lowest BCUT2D eigenvalue weighted by molar-refractivity contribution is -0.156. The van der Waals surface area contributed by atoms with E-state index >= 15 is 0 Å². The molecule has 2 heterocycles. The average Bonchev–Trinajstić information content (AvgIpc) is 2.93. The maximum Gasteiger partial charge on any atom is 0.311 e. The van der Waals surface area contributed by atoms with E-state index in [4.69, 9.17) is 0 Å². The van der Waals surface area contributed by atoms with Gasteiger partial charge in [0.25, 0.3) is 0 Å². The van der Waals surface area contributed by atoms with Gasteiger partial charge >= 0.3 is 5.97 Å². The third-order valence-electron chi connectivity index (χ3n) is 3.33. The number of hydrogen-bond acceptors (Lipinski definition) is 7. The lowest BCUT2D eigenvalue weighted by atomic mass is 9.69. The molecule has 1 aliphatic carbocycles. The lowest BCUT2D eigenvalue weighted by Gasteiger charge is -2.37. The average molecular weight is 266 g/mol. The van der Waals surface area contributed by atoms with E-state index in [2.05, 4.69) is 25.1 Å². The van der Waals surface area contributed by atoms with Gasteiger partial charge in [-0.3, -0.25) is 4.79 Å². The van der Waals surface area contributed by atoms with Crippen molar-refractivity contribution < 1.29 is 9.90 Å². The van der Waals surface area contributed by atoms with Crippen LogP contribution in [-0.4, -0.2) is 40.9 Å². The van der Waals surface area contributed by atoms with Crippen molar-refractivity contribution in [2.24, 2.45) is 5.41 Å². The number of carboxylic acids is 1. The first-order chi connectivity index (χ1) is 8.71. The third-order valence-corrected chi connectivity index (χ3v) is 3.99. The van der Waals surface area contributed by atoms with Gasteiger partial charge < -0.3 is 5.11 Å². The lowest BCUT2D eigenvalue weighted by Crippen LogP contribution is -2.42. The molecule has 0 atom stereocenters. The molecular weight excluding hydrogens is 256 g/mol. The molecule has 0 aromatic carbocycles. The Morgan fingerprint density at radius 2 is 2.39 bits per heavy atom. The van der Waals surface area contributed by atoms with Gasteiger partial charge in [-0.1, -0.05) is 10.9 Å². The Hall–Kier alpha value is -1.90. The first-order valence-electron chi connectivity index (χ1n) is 5.49. The fourth-order valence-corrected chi connectivity index (χ4v) is 2.59. The van der Waals surface area contributed by atoms with Crippen molar-refractivity contribution in [3.05, 3.63) is 6.20 Å². The van der Waals surface area contributed by atoms with Crippen molar-refractivity contribution in [3.8, 4) is 10.7 Å². The fourth-order valence-electron chi connectivity index (χ4n) is 2.08. The van der Waals surface area contributed by atoms with Crippen molar-refractivity contribution >= 4 is 17.5 Å². The first-order valence-corrected chi connectivity index (χ1v) is 6.26. The number of carboxylic acid groups (broad SMARTS) is 1. The van der Waals surface area contributed by atoms with Crippen LogP contribution in [0.2, 0.25) is 0 Å². The van der Waals surface area contributed by atoms with E-state index < -0.39 is 11.4 Å². The van der Waals surface area contributed by atoms with Crippen molar-refractivity contribution in [1.29, 1.82) is 0 Å². The van der Waals surface area contributed by atoms with Gasteiger partial charge in [0.15, 0.2) is 5.82 Å². The highest BCUT2D eigenvalue weighted by Gasteiger charge is 2.45. The molecule has 0 amide bonds. The summed E-state index contributed by atoms with van der Waals surface area (Å²) < 4.78 is 5.28.